The van der Waals surface area contributed by atoms with Crippen molar-refractivity contribution < 1.29 is 4.39 Å². The van der Waals surface area contributed by atoms with Crippen LogP contribution in [0.1, 0.15) is 31.0 Å². The van der Waals surface area contributed by atoms with Crippen LogP contribution in [0.15, 0.2) is 30.5 Å². The molecule has 0 fully saturated rings. The van der Waals surface area contributed by atoms with E-state index in [4.69, 9.17) is 0 Å². The molecule has 3 nitrogen and oxygen atoms in total. The number of nitrogens with zero attached hydrogens (tertiary/aromatic N) is 2. The Hall–Kier alpha value is -1.68. The highest BCUT2D eigenvalue weighted by Crippen LogP contribution is 2.24. The molecule has 0 saturated heterocycles. The third kappa shape index (κ3) is 2.29. The van der Waals surface area contributed by atoms with Crippen LogP contribution in [0.3, 0.4) is 0 Å². The van der Waals surface area contributed by atoms with E-state index in [-0.39, 0.29) is 11.7 Å². The van der Waals surface area contributed by atoms with E-state index < -0.39 is 0 Å². The average molecular weight is 247 g/mol. The fourth-order valence-electron chi connectivity index (χ4n) is 2.15. The molecule has 0 spiro atoms. The van der Waals surface area contributed by atoms with Crippen molar-refractivity contribution in [2.75, 3.05) is 7.05 Å². The van der Waals surface area contributed by atoms with Crippen LogP contribution in [0.4, 0.5) is 4.39 Å². The average Bonchev–Trinajstić information content (AvgIpc) is 2.74. The quantitative estimate of drug-likeness (QED) is 0.900. The summed E-state index contributed by atoms with van der Waals surface area (Å²) in [5, 5.41) is 7.44. The number of hydrogen-bond donors (Lipinski definition) is 1. The van der Waals surface area contributed by atoms with Crippen LogP contribution in [0.25, 0.3) is 5.69 Å². The second-order valence-corrected chi connectivity index (χ2v) is 4.60. The van der Waals surface area contributed by atoms with Crippen LogP contribution in [0.2, 0.25) is 0 Å². The number of halogens is 1. The zero-order valence-electron chi connectivity index (χ0n) is 10.9. The van der Waals surface area contributed by atoms with Crippen LogP contribution < -0.4 is 5.32 Å². The zero-order valence-corrected chi connectivity index (χ0v) is 10.9. The Balaban J connectivity index is 2.55. The molecule has 96 valence electrons. The van der Waals surface area contributed by atoms with E-state index in [2.05, 4.69) is 24.3 Å². The maximum Gasteiger partial charge on any atom is 0.148 e. The zero-order chi connectivity index (χ0) is 13.1. The number of benzene rings is 1. The molecule has 0 radical (unpaired) electrons. The van der Waals surface area contributed by atoms with Gasteiger partial charge in [-0.2, -0.15) is 5.10 Å². The molecule has 0 aliphatic carbocycles. The van der Waals surface area contributed by atoms with E-state index in [0.29, 0.717) is 5.69 Å². The van der Waals surface area contributed by atoms with Gasteiger partial charge >= 0.3 is 0 Å². The minimum atomic E-state index is -0.251. The lowest BCUT2D eigenvalue weighted by Crippen LogP contribution is -2.11. The van der Waals surface area contributed by atoms with Crippen molar-refractivity contribution >= 4 is 0 Å². The van der Waals surface area contributed by atoms with Gasteiger partial charge in [0.25, 0.3) is 0 Å². The molecule has 4 heteroatoms. The van der Waals surface area contributed by atoms with Gasteiger partial charge in [-0.15, -0.1) is 0 Å². The van der Waals surface area contributed by atoms with Crippen molar-refractivity contribution in [2.45, 2.75) is 26.3 Å². The third-order valence-corrected chi connectivity index (χ3v) is 2.88. The largest absolute Gasteiger partial charge is 0.316 e. The molecule has 1 aromatic carbocycles. The second-order valence-electron chi connectivity index (χ2n) is 4.60. The summed E-state index contributed by atoms with van der Waals surface area (Å²) in [6.07, 6.45) is 1.80. The Morgan fingerprint density at radius 1 is 1.33 bits per heavy atom. The second kappa shape index (κ2) is 5.31. The molecule has 1 heterocycles. The molecule has 1 aromatic heterocycles. The summed E-state index contributed by atoms with van der Waals surface area (Å²) in [6, 6.07) is 6.71. The lowest BCUT2D eigenvalue weighted by atomic mass is 10.1. The van der Waals surface area contributed by atoms with Crippen LogP contribution in [0, 0.1) is 5.82 Å². The van der Waals surface area contributed by atoms with Crippen molar-refractivity contribution in [1.82, 2.24) is 15.1 Å². The first-order valence-electron chi connectivity index (χ1n) is 6.11. The Morgan fingerprint density at radius 2 is 2.06 bits per heavy atom. The van der Waals surface area contributed by atoms with Gasteiger partial charge < -0.3 is 5.32 Å². The highest BCUT2D eigenvalue weighted by molar-refractivity contribution is 5.37. The molecule has 0 aliphatic heterocycles. The summed E-state index contributed by atoms with van der Waals surface area (Å²) in [5.74, 6) is 0.0361. The molecule has 0 saturated carbocycles. The van der Waals surface area contributed by atoms with E-state index in [9.17, 15) is 4.39 Å². The summed E-state index contributed by atoms with van der Waals surface area (Å²) in [4.78, 5) is 0. The molecule has 2 aromatic rings. The van der Waals surface area contributed by atoms with Gasteiger partial charge in [-0.05, 0) is 25.1 Å². The van der Waals surface area contributed by atoms with E-state index in [1.807, 2.05) is 13.1 Å². The topological polar surface area (TPSA) is 29.9 Å². The summed E-state index contributed by atoms with van der Waals surface area (Å²) in [5.41, 5.74) is 2.66. The predicted octanol–water partition coefficient (Wildman–Crippen LogP) is 2.85. The van der Waals surface area contributed by atoms with Crippen LogP contribution in [0.5, 0.6) is 0 Å². The first kappa shape index (κ1) is 12.8. The molecular formula is C14H18FN3. The summed E-state index contributed by atoms with van der Waals surface area (Å²) >= 11 is 0. The van der Waals surface area contributed by atoms with Gasteiger partial charge in [-0.25, -0.2) is 9.07 Å². The molecule has 2 rings (SSSR count). The summed E-state index contributed by atoms with van der Waals surface area (Å²) < 4.78 is 15.5. The van der Waals surface area contributed by atoms with Gasteiger partial charge in [0.1, 0.15) is 11.5 Å². The first-order valence-corrected chi connectivity index (χ1v) is 6.11. The first-order chi connectivity index (χ1) is 8.65. The van der Waals surface area contributed by atoms with Crippen molar-refractivity contribution in [3.63, 3.8) is 0 Å². The number of rotatable bonds is 4. The maximum absolute atomic E-state index is 13.8. The summed E-state index contributed by atoms with van der Waals surface area (Å²) in [6.45, 7) is 4.92. The normalized spacial score (nSPS) is 11.2. The van der Waals surface area contributed by atoms with Gasteiger partial charge in [0, 0.05) is 12.1 Å². The number of para-hydroxylation sites is 1. The Morgan fingerprint density at radius 3 is 2.67 bits per heavy atom. The van der Waals surface area contributed by atoms with Crippen molar-refractivity contribution in [3.05, 3.63) is 47.5 Å². The maximum atomic E-state index is 13.8. The minimum absolute atomic E-state index is 0.251. The van der Waals surface area contributed by atoms with Gasteiger partial charge in [-0.3, -0.25) is 0 Å². The minimum Gasteiger partial charge on any atom is -0.316 e. The standard InChI is InChI=1S/C14H18FN3/c1-10(2)14-11(8-16-3)9-17-18(14)13-7-5-4-6-12(13)15/h4-7,9-10,16H,8H2,1-3H3. The third-order valence-electron chi connectivity index (χ3n) is 2.88. The van der Waals surface area contributed by atoms with E-state index in [0.717, 1.165) is 17.8 Å². The van der Waals surface area contributed by atoms with Crippen LogP contribution >= 0.6 is 0 Å². The molecule has 0 aliphatic rings. The molecule has 0 unspecified atom stereocenters. The van der Waals surface area contributed by atoms with Gasteiger partial charge in [0.15, 0.2) is 0 Å². The van der Waals surface area contributed by atoms with E-state index in [1.54, 1.807) is 23.0 Å². The van der Waals surface area contributed by atoms with Crippen molar-refractivity contribution in [1.29, 1.82) is 0 Å². The molecule has 0 atom stereocenters. The molecule has 0 bridgehead atoms. The predicted molar refractivity (Wildman–Crippen MR) is 70.4 cm³/mol. The Labute approximate surface area is 107 Å². The molecule has 18 heavy (non-hydrogen) atoms. The van der Waals surface area contributed by atoms with Crippen molar-refractivity contribution in [3.8, 4) is 5.69 Å². The van der Waals surface area contributed by atoms with Gasteiger partial charge in [0.2, 0.25) is 0 Å². The van der Waals surface area contributed by atoms with E-state index >= 15 is 0 Å². The number of aromatic nitrogens is 2. The van der Waals surface area contributed by atoms with Crippen LogP contribution in [-0.2, 0) is 6.54 Å². The number of nitrogens with one attached hydrogen (secondary N) is 1. The lowest BCUT2D eigenvalue weighted by Gasteiger charge is -2.13. The molecule has 1 N–H and O–H groups in total. The highest BCUT2D eigenvalue weighted by Gasteiger charge is 2.16. The number of hydrogen-bond acceptors (Lipinski definition) is 2. The fourth-order valence-corrected chi connectivity index (χ4v) is 2.15. The van der Waals surface area contributed by atoms with Crippen LogP contribution in [-0.4, -0.2) is 16.8 Å². The Kier molecular flexibility index (Phi) is 3.77. The lowest BCUT2D eigenvalue weighted by molar-refractivity contribution is 0.601. The molecule has 0 amide bonds. The summed E-state index contributed by atoms with van der Waals surface area (Å²) in [7, 11) is 1.89. The highest BCUT2D eigenvalue weighted by atomic mass is 19.1. The van der Waals surface area contributed by atoms with Gasteiger partial charge in [0.05, 0.1) is 11.9 Å². The SMILES string of the molecule is CNCc1cnn(-c2ccccc2F)c1C(C)C. The Bertz CT molecular complexity index is 532. The fraction of sp³-hybridized carbons (Fsp3) is 0.357. The monoisotopic (exact) mass is 247 g/mol. The van der Waals surface area contributed by atoms with Gasteiger partial charge in [-0.1, -0.05) is 26.0 Å². The smallest absolute Gasteiger partial charge is 0.148 e. The van der Waals surface area contributed by atoms with Crippen molar-refractivity contribution in [2.24, 2.45) is 0 Å². The molecular weight excluding hydrogens is 229 g/mol. The van der Waals surface area contributed by atoms with E-state index in [1.165, 1.54) is 6.07 Å².